The second kappa shape index (κ2) is 10.5. The number of anilines is 3. The van der Waals surface area contributed by atoms with Crippen molar-refractivity contribution in [1.29, 1.82) is 0 Å². The maximum Gasteiger partial charge on any atom is 0.0640 e. The third-order valence-corrected chi connectivity index (χ3v) is 12.6. The van der Waals surface area contributed by atoms with Crippen molar-refractivity contribution >= 4 is 91.7 Å². The largest absolute Gasteiger partial charge is 0.309 e. The first-order chi connectivity index (χ1) is 25.1. The zero-order chi connectivity index (χ0) is 33.8. The van der Waals surface area contributed by atoms with Crippen LogP contribution in [0.5, 0.6) is 0 Å². The molecule has 51 heavy (non-hydrogen) atoms. The highest BCUT2D eigenvalue weighted by molar-refractivity contribution is 7.26. The van der Waals surface area contributed by atoms with Crippen LogP contribution >= 0.6 is 11.3 Å². The van der Waals surface area contributed by atoms with Gasteiger partial charge in [-0.05, 0) is 114 Å². The molecule has 9 aromatic carbocycles. The van der Waals surface area contributed by atoms with Gasteiger partial charge in [-0.1, -0.05) is 129 Å². The van der Waals surface area contributed by atoms with E-state index < -0.39 is 0 Å². The van der Waals surface area contributed by atoms with E-state index in [1.165, 1.54) is 96.9 Å². The summed E-state index contributed by atoms with van der Waals surface area (Å²) < 4.78 is 2.63. The Hall–Kier alpha value is -5.96. The van der Waals surface area contributed by atoms with Gasteiger partial charge in [0.25, 0.3) is 0 Å². The van der Waals surface area contributed by atoms with Crippen LogP contribution in [0.3, 0.4) is 0 Å². The number of para-hydroxylation sites is 1. The minimum atomic E-state index is -0.191. The predicted molar refractivity (Wildman–Crippen MR) is 222 cm³/mol. The highest BCUT2D eigenvalue weighted by atomic mass is 32.1. The quantitative estimate of drug-likeness (QED) is 0.170. The summed E-state index contributed by atoms with van der Waals surface area (Å²) in [5, 5.41) is 13.2. The summed E-state index contributed by atoms with van der Waals surface area (Å²) in [4.78, 5) is 2.46. The van der Waals surface area contributed by atoms with Gasteiger partial charge in [-0.3, -0.25) is 0 Å². The van der Waals surface area contributed by atoms with Crippen LogP contribution in [0.15, 0.2) is 164 Å². The molecule has 0 aliphatic heterocycles. The molecule has 0 saturated carbocycles. The van der Waals surface area contributed by atoms with Crippen molar-refractivity contribution in [2.45, 2.75) is 19.3 Å². The van der Waals surface area contributed by atoms with Gasteiger partial charge in [0.15, 0.2) is 0 Å². The van der Waals surface area contributed by atoms with Crippen LogP contribution in [0.4, 0.5) is 17.1 Å². The Morgan fingerprint density at radius 2 is 1.12 bits per heavy atom. The third-order valence-electron chi connectivity index (χ3n) is 11.4. The van der Waals surface area contributed by atoms with Crippen molar-refractivity contribution in [2.24, 2.45) is 0 Å². The van der Waals surface area contributed by atoms with Gasteiger partial charge in [-0.2, -0.15) is 0 Å². The third kappa shape index (κ3) is 4.03. The van der Waals surface area contributed by atoms with Crippen molar-refractivity contribution in [3.8, 4) is 11.1 Å². The average Bonchev–Trinajstić information content (AvgIpc) is 3.67. The average molecular weight is 668 g/mol. The van der Waals surface area contributed by atoms with Gasteiger partial charge >= 0.3 is 0 Å². The maximum atomic E-state index is 2.53. The Bertz CT molecular complexity index is 3060. The number of fused-ring (bicyclic) bond motifs is 14. The molecule has 11 rings (SSSR count). The number of hydrogen-bond acceptors (Lipinski definition) is 2. The molecule has 0 spiro atoms. The molecule has 0 saturated heterocycles. The van der Waals surface area contributed by atoms with E-state index in [-0.39, 0.29) is 5.41 Å². The lowest BCUT2D eigenvalue weighted by molar-refractivity contribution is 0.661. The minimum absolute atomic E-state index is 0.191. The molecule has 0 unspecified atom stereocenters. The summed E-state index contributed by atoms with van der Waals surface area (Å²) >= 11 is 1.88. The van der Waals surface area contributed by atoms with Crippen molar-refractivity contribution in [2.75, 3.05) is 4.90 Å². The number of hydrogen-bond donors (Lipinski definition) is 0. The Balaban J connectivity index is 1.17. The first-order valence-corrected chi connectivity index (χ1v) is 18.6. The van der Waals surface area contributed by atoms with Crippen LogP contribution in [0.25, 0.3) is 74.4 Å². The molecule has 1 heterocycles. The Labute approximate surface area is 300 Å². The highest BCUT2D eigenvalue weighted by Gasteiger charge is 2.37. The topological polar surface area (TPSA) is 3.24 Å². The number of benzene rings is 9. The van der Waals surface area contributed by atoms with Gasteiger partial charge in [0.1, 0.15) is 0 Å². The van der Waals surface area contributed by atoms with Crippen molar-refractivity contribution in [3.63, 3.8) is 0 Å². The first-order valence-electron chi connectivity index (χ1n) is 17.8. The lowest BCUT2D eigenvalue weighted by Gasteiger charge is -2.28. The summed E-state index contributed by atoms with van der Waals surface area (Å²) in [5.41, 5.74) is 8.79. The number of nitrogens with zero attached hydrogens (tertiary/aromatic N) is 1. The molecule has 10 aromatic rings. The van der Waals surface area contributed by atoms with Crippen LogP contribution in [-0.2, 0) is 5.41 Å². The smallest absolute Gasteiger partial charge is 0.0640 e. The Kier molecular flexibility index (Phi) is 5.95. The highest BCUT2D eigenvalue weighted by Crippen LogP contribution is 2.54. The van der Waals surface area contributed by atoms with Gasteiger partial charge in [0.05, 0.1) is 10.4 Å². The fourth-order valence-electron chi connectivity index (χ4n) is 8.99. The van der Waals surface area contributed by atoms with Crippen LogP contribution in [-0.4, -0.2) is 0 Å². The van der Waals surface area contributed by atoms with Gasteiger partial charge in [-0.15, -0.1) is 11.3 Å². The molecule has 1 aliphatic carbocycles. The molecular weight excluding hydrogens is 635 g/mol. The van der Waals surface area contributed by atoms with Gasteiger partial charge in [-0.25, -0.2) is 0 Å². The Morgan fingerprint density at radius 1 is 0.431 bits per heavy atom. The molecule has 2 heteroatoms. The van der Waals surface area contributed by atoms with E-state index in [1.807, 2.05) is 11.3 Å². The van der Waals surface area contributed by atoms with E-state index in [2.05, 4.69) is 183 Å². The molecule has 0 amide bonds. The lowest BCUT2D eigenvalue weighted by atomic mass is 9.80. The van der Waals surface area contributed by atoms with Crippen LogP contribution in [0.1, 0.15) is 25.0 Å². The van der Waals surface area contributed by atoms with Crippen LogP contribution < -0.4 is 4.90 Å². The van der Waals surface area contributed by atoms with Gasteiger partial charge in [0.2, 0.25) is 0 Å². The summed E-state index contributed by atoms with van der Waals surface area (Å²) in [6.45, 7) is 4.82. The molecule has 1 aliphatic rings. The molecule has 0 atom stereocenters. The SMILES string of the molecule is CC1(C)c2cc(N(c3ccccc3)c3cccc4c3sc3ccccc34)ccc2-c2cc3c4ccccc4c4ccc5ccccc5c4c3cc21. The molecule has 1 nitrogen and oxygen atoms in total. The molecule has 0 radical (unpaired) electrons. The van der Waals surface area contributed by atoms with Crippen molar-refractivity contribution < 1.29 is 0 Å². The monoisotopic (exact) mass is 667 g/mol. The Morgan fingerprint density at radius 3 is 1.96 bits per heavy atom. The molecule has 0 N–H and O–H groups in total. The summed E-state index contributed by atoms with van der Waals surface area (Å²) in [5.74, 6) is 0. The zero-order valence-electron chi connectivity index (χ0n) is 28.4. The second-order valence-electron chi connectivity index (χ2n) is 14.5. The van der Waals surface area contributed by atoms with E-state index >= 15 is 0 Å². The lowest BCUT2D eigenvalue weighted by Crippen LogP contribution is -2.16. The van der Waals surface area contributed by atoms with Crippen LogP contribution in [0.2, 0.25) is 0 Å². The van der Waals surface area contributed by atoms with E-state index in [1.54, 1.807) is 0 Å². The summed E-state index contributed by atoms with van der Waals surface area (Å²) in [6, 6.07) is 61.0. The molecule has 0 fully saturated rings. The number of rotatable bonds is 3. The fraction of sp³-hybridized carbons (Fsp3) is 0.0612. The first kappa shape index (κ1) is 28.8. The summed E-state index contributed by atoms with van der Waals surface area (Å²) in [7, 11) is 0. The van der Waals surface area contributed by atoms with Crippen molar-refractivity contribution in [1.82, 2.24) is 0 Å². The second-order valence-corrected chi connectivity index (χ2v) is 15.5. The van der Waals surface area contributed by atoms with Gasteiger partial charge < -0.3 is 4.90 Å². The zero-order valence-corrected chi connectivity index (χ0v) is 29.3. The van der Waals surface area contributed by atoms with E-state index in [0.717, 1.165) is 5.69 Å². The standard InChI is InChI=1S/C49H33NS/c1-49(2)43-27-32(50(31-14-4-3-5-15-31)45-21-12-20-39-37-19-10-11-22-46(37)51-48(39)45)24-26-36(43)41-28-40-35-18-9-8-17-34(35)38-25-23-30-13-6-7-16-33(30)47(38)42(40)29-44(41)49/h3-29H,1-2H3. The summed E-state index contributed by atoms with van der Waals surface area (Å²) in [6.07, 6.45) is 0. The normalized spacial score (nSPS) is 13.5. The number of thiophene rings is 1. The minimum Gasteiger partial charge on any atom is -0.309 e. The predicted octanol–water partition coefficient (Wildman–Crippen LogP) is 14.4. The molecule has 240 valence electrons. The molecular formula is C49H33NS. The van der Waals surface area contributed by atoms with Crippen molar-refractivity contribution in [3.05, 3.63) is 175 Å². The van der Waals surface area contributed by atoms with E-state index in [4.69, 9.17) is 0 Å². The maximum absolute atomic E-state index is 2.53. The van der Waals surface area contributed by atoms with Crippen LogP contribution in [0, 0.1) is 0 Å². The van der Waals surface area contributed by atoms with E-state index in [0.29, 0.717) is 0 Å². The molecule has 1 aromatic heterocycles. The molecule has 0 bridgehead atoms. The van der Waals surface area contributed by atoms with Gasteiger partial charge in [0, 0.05) is 32.3 Å². The van der Waals surface area contributed by atoms with E-state index in [9.17, 15) is 0 Å². The fourth-order valence-corrected chi connectivity index (χ4v) is 10.2.